The van der Waals surface area contributed by atoms with E-state index in [-0.39, 0.29) is 16.7 Å². The van der Waals surface area contributed by atoms with E-state index in [2.05, 4.69) is 41.5 Å². The molecule has 0 bridgehead atoms. The smallest absolute Gasteiger partial charge is 0.226 e. The van der Waals surface area contributed by atoms with E-state index in [4.69, 9.17) is 4.74 Å². The molecule has 1 unspecified atom stereocenters. The van der Waals surface area contributed by atoms with Crippen LogP contribution in [-0.2, 0) is 9.53 Å². The Kier molecular flexibility index (Phi) is 7.79. The van der Waals surface area contributed by atoms with E-state index in [1.165, 1.54) is 0 Å². The quantitative estimate of drug-likeness (QED) is 0.768. The van der Waals surface area contributed by atoms with Crippen molar-refractivity contribution in [3.8, 4) is 0 Å². The molecule has 1 atom stereocenters. The molecule has 1 fully saturated rings. The second-order valence-corrected chi connectivity index (χ2v) is 7.62. The van der Waals surface area contributed by atoms with Crippen molar-refractivity contribution in [2.45, 2.75) is 61.8 Å². The Morgan fingerprint density at radius 2 is 1.50 bits per heavy atom. The topological polar surface area (TPSA) is 29.5 Å². The van der Waals surface area contributed by atoms with Gasteiger partial charge in [-0.05, 0) is 17.3 Å². The number of nitrogens with zero attached hydrogens (tertiary/aromatic N) is 1. The van der Waals surface area contributed by atoms with E-state index in [1.54, 1.807) is 0 Å². The van der Waals surface area contributed by atoms with Crippen LogP contribution in [0.5, 0.6) is 0 Å². The van der Waals surface area contributed by atoms with Gasteiger partial charge in [0.2, 0.25) is 5.91 Å². The summed E-state index contributed by atoms with van der Waals surface area (Å²) in [6.45, 7) is 20.0. The highest BCUT2D eigenvalue weighted by atomic mass is 16.5. The van der Waals surface area contributed by atoms with Gasteiger partial charge >= 0.3 is 0 Å². The molecule has 1 saturated heterocycles. The van der Waals surface area contributed by atoms with Crippen LogP contribution in [-0.4, -0.2) is 37.1 Å². The number of amides is 1. The molecular weight excluding hydrogens is 250 g/mol. The number of hydrogen-bond donors (Lipinski definition) is 0. The Morgan fingerprint density at radius 3 is 1.85 bits per heavy atom. The summed E-state index contributed by atoms with van der Waals surface area (Å²) in [5.74, 6) is 0.399. The number of carbonyl (C=O) groups is 1. The summed E-state index contributed by atoms with van der Waals surface area (Å²) < 4.78 is 5.32. The van der Waals surface area contributed by atoms with Crippen molar-refractivity contribution in [1.82, 2.24) is 4.90 Å². The lowest BCUT2D eigenvalue weighted by molar-refractivity contribution is -0.144. The maximum Gasteiger partial charge on any atom is 0.226 e. The van der Waals surface area contributed by atoms with E-state index in [9.17, 15) is 4.79 Å². The summed E-state index contributed by atoms with van der Waals surface area (Å²) in [6.07, 6.45) is 0.937. The van der Waals surface area contributed by atoms with Gasteiger partial charge in [-0.25, -0.2) is 0 Å². The molecule has 0 spiro atoms. The molecule has 0 radical (unpaired) electrons. The van der Waals surface area contributed by atoms with Crippen LogP contribution in [0.3, 0.4) is 0 Å². The molecule has 0 aromatic carbocycles. The highest BCUT2D eigenvalue weighted by molar-refractivity contribution is 5.79. The van der Waals surface area contributed by atoms with E-state index in [0.29, 0.717) is 19.1 Å². The van der Waals surface area contributed by atoms with Crippen molar-refractivity contribution >= 4 is 5.91 Å². The Balaban J connectivity index is 0.00000172. The van der Waals surface area contributed by atoms with Crippen molar-refractivity contribution < 1.29 is 9.53 Å². The van der Waals surface area contributed by atoms with Crippen molar-refractivity contribution in [3.05, 3.63) is 0 Å². The van der Waals surface area contributed by atoms with E-state index < -0.39 is 0 Å². The van der Waals surface area contributed by atoms with Crippen molar-refractivity contribution in [1.29, 1.82) is 0 Å². The number of ether oxygens (including phenoxy) is 1. The summed E-state index contributed by atoms with van der Waals surface area (Å²) in [7, 11) is 0. The predicted octanol–water partition coefficient (Wildman–Crippen LogP) is 3.97. The van der Waals surface area contributed by atoms with Gasteiger partial charge in [-0.3, -0.25) is 4.79 Å². The molecule has 0 saturated carbocycles. The Bertz CT molecular complexity index is 280. The molecule has 0 aromatic heterocycles. The molecular formula is C17H35NO2. The maximum atomic E-state index is 12.7. The van der Waals surface area contributed by atoms with Crippen LogP contribution < -0.4 is 0 Å². The summed E-state index contributed by atoms with van der Waals surface area (Å²) >= 11 is 0. The second kappa shape index (κ2) is 8.02. The average Bonchev–Trinajstić information content (AvgIpc) is 2.36. The van der Waals surface area contributed by atoms with Gasteiger partial charge in [-0.2, -0.15) is 0 Å². The first-order valence-electron chi connectivity index (χ1n) is 7.98. The molecule has 1 heterocycles. The van der Waals surface area contributed by atoms with Crippen LogP contribution in [0.4, 0.5) is 0 Å². The van der Waals surface area contributed by atoms with Crippen LogP contribution in [0.2, 0.25) is 0 Å². The minimum absolute atomic E-state index is 0.0165. The van der Waals surface area contributed by atoms with E-state index >= 15 is 0 Å². The zero-order valence-corrected chi connectivity index (χ0v) is 14.9. The van der Waals surface area contributed by atoms with Crippen molar-refractivity contribution in [3.63, 3.8) is 0 Å². The molecule has 1 rings (SSSR count). The molecule has 20 heavy (non-hydrogen) atoms. The lowest BCUT2D eigenvalue weighted by Gasteiger charge is -2.39. The molecule has 0 aromatic rings. The summed E-state index contributed by atoms with van der Waals surface area (Å²) in [6, 6.07) is 0. The average molecular weight is 285 g/mol. The molecule has 1 aliphatic heterocycles. The van der Waals surface area contributed by atoms with Gasteiger partial charge in [-0.1, -0.05) is 55.4 Å². The van der Waals surface area contributed by atoms with Gasteiger partial charge in [-0.15, -0.1) is 0 Å². The summed E-state index contributed by atoms with van der Waals surface area (Å²) in [5, 5.41) is 0. The van der Waals surface area contributed by atoms with Gasteiger partial charge < -0.3 is 9.64 Å². The van der Waals surface area contributed by atoms with Crippen LogP contribution >= 0.6 is 0 Å². The minimum atomic E-state index is 0.0165. The minimum Gasteiger partial charge on any atom is -0.378 e. The highest BCUT2D eigenvalue weighted by Gasteiger charge is 2.37. The first-order chi connectivity index (χ1) is 9.11. The zero-order valence-electron chi connectivity index (χ0n) is 14.9. The van der Waals surface area contributed by atoms with Gasteiger partial charge in [0.1, 0.15) is 0 Å². The van der Waals surface area contributed by atoms with Gasteiger partial charge in [0.05, 0.1) is 13.2 Å². The standard InChI is InChI=1S/C15H29NO2.C2H6/c1-14(2,3)11-12(15(4,5)6)13(17)16-7-9-18-10-8-16;1-2/h12H,7-11H2,1-6H3;1-2H3. The van der Waals surface area contributed by atoms with Crippen molar-refractivity contribution in [2.75, 3.05) is 26.3 Å². The Hall–Kier alpha value is -0.570. The fourth-order valence-electron chi connectivity index (χ4n) is 2.38. The first-order valence-corrected chi connectivity index (χ1v) is 7.98. The fourth-order valence-corrected chi connectivity index (χ4v) is 2.38. The Morgan fingerprint density at radius 1 is 1.05 bits per heavy atom. The van der Waals surface area contributed by atoms with E-state index in [1.807, 2.05) is 18.7 Å². The first kappa shape index (κ1) is 19.4. The molecule has 1 amide bonds. The Labute approximate surface area is 126 Å². The lowest BCUT2D eigenvalue weighted by atomic mass is 9.71. The fraction of sp³-hybridized carbons (Fsp3) is 0.941. The monoisotopic (exact) mass is 285 g/mol. The van der Waals surface area contributed by atoms with Crippen LogP contribution in [0.1, 0.15) is 61.8 Å². The zero-order chi connectivity index (χ0) is 16.0. The van der Waals surface area contributed by atoms with Crippen LogP contribution in [0.15, 0.2) is 0 Å². The number of carbonyl (C=O) groups excluding carboxylic acids is 1. The number of hydrogen-bond acceptors (Lipinski definition) is 2. The third-order valence-electron chi connectivity index (χ3n) is 3.48. The van der Waals surface area contributed by atoms with E-state index in [0.717, 1.165) is 19.5 Å². The predicted molar refractivity (Wildman–Crippen MR) is 85.8 cm³/mol. The number of morpholine rings is 1. The summed E-state index contributed by atoms with van der Waals surface area (Å²) in [5.41, 5.74) is 0.197. The van der Waals surface area contributed by atoms with Gasteiger partial charge in [0.15, 0.2) is 0 Å². The molecule has 1 aliphatic rings. The second-order valence-electron chi connectivity index (χ2n) is 7.62. The lowest BCUT2D eigenvalue weighted by Crippen LogP contribution is -2.47. The normalized spacial score (nSPS) is 18.1. The third kappa shape index (κ3) is 6.74. The molecule has 0 N–H and O–H groups in total. The number of rotatable bonds is 2. The highest BCUT2D eigenvalue weighted by Crippen LogP contribution is 2.37. The molecule has 3 heteroatoms. The molecule has 120 valence electrons. The largest absolute Gasteiger partial charge is 0.378 e. The SMILES string of the molecule is CC.CC(C)(C)CC(C(=O)N1CCOCC1)C(C)(C)C. The van der Waals surface area contributed by atoms with Crippen molar-refractivity contribution in [2.24, 2.45) is 16.7 Å². The molecule has 0 aliphatic carbocycles. The molecule has 3 nitrogen and oxygen atoms in total. The van der Waals surface area contributed by atoms with Gasteiger partial charge in [0, 0.05) is 19.0 Å². The maximum absolute atomic E-state index is 12.7. The van der Waals surface area contributed by atoms with Gasteiger partial charge in [0.25, 0.3) is 0 Å². The third-order valence-corrected chi connectivity index (χ3v) is 3.48. The van der Waals surface area contributed by atoms with Crippen LogP contribution in [0, 0.1) is 16.7 Å². The van der Waals surface area contributed by atoms with Crippen LogP contribution in [0.25, 0.3) is 0 Å². The summed E-state index contributed by atoms with van der Waals surface area (Å²) in [4.78, 5) is 14.7.